The van der Waals surface area contributed by atoms with Gasteiger partial charge in [0.1, 0.15) is 5.56 Å². The van der Waals surface area contributed by atoms with Crippen LogP contribution in [0.5, 0.6) is 0 Å². The highest BCUT2D eigenvalue weighted by Gasteiger charge is 2.22. The lowest BCUT2D eigenvalue weighted by molar-refractivity contribution is 0.0941. The zero-order chi connectivity index (χ0) is 13.3. The number of carbonyl (C=O) groups is 1. The molecule has 5 heteroatoms. The Morgan fingerprint density at radius 3 is 2.94 bits per heavy atom. The van der Waals surface area contributed by atoms with E-state index in [1.165, 1.54) is 6.07 Å². The summed E-state index contributed by atoms with van der Waals surface area (Å²) in [6.45, 7) is 3.67. The van der Waals surface area contributed by atoms with Gasteiger partial charge in [-0.1, -0.05) is 0 Å². The number of aromatic nitrogens is 1. The zero-order valence-electron chi connectivity index (χ0n) is 10.6. The first kappa shape index (κ1) is 12.8. The maximum atomic E-state index is 11.9. The summed E-state index contributed by atoms with van der Waals surface area (Å²) in [7, 11) is 0. The highest BCUT2D eigenvalue weighted by Crippen LogP contribution is 2.27. The highest BCUT2D eigenvalue weighted by molar-refractivity contribution is 5.94. The third-order valence-corrected chi connectivity index (χ3v) is 3.09. The van der Waals surface area contributed by atoms with Gasteiger partial charge in [0.05, 0.1) is 6.10 Å². The normalized spacial score (nSPS) is 18.6. The second-order valence-electron chi connectivity index (χ2n) is 4.98. The van der Waals surface area contributed by atoms with Crippen molar-refractivity contribution in [1.29, 1.82) is 0 Å². The van der Waals surface area contributed by atoms with E-state index in [9.17, 15) is 14.7 Å². The molecule has 98 valence electrons. The number of pyridine rings is 1. The summed E-state index contributed by atoms with van der Waals surface area (Å²) in [5.41, 5.74) is 1.11. The van der Waals surface area contributed by atoms with Crippen LogP contribution in [-0.4, -0.2) is 22.0 Å². The molecule has 1 amide bonds. The van der Waals surface area contributed by atoms with Crippen molar-refractivity contribution in [3.8, 4) is 0 Å². The summed E-state index contributed by atoms with van der Waals surface area (Å²) < 4.78 is 0. The summed E-state index contributed by atoms with van der Waals surface area (Å²) >= 11 is 0. The van der Waals surface area contributed by atoms with Crippen LogP contribution in [0.2, 0.25) is 0 Å². The average molecular weight is 250 g/mol. The van der Waals surface area contributed by atoms with Gasteiger partial charge in [-0.25, -0.2) is 0 Å². The van der Waals surface area contributed by atoms with E-state index >= 15 is 0 Å². The first-order valence-electron chi connectivity index (χ1n) is 6.24. The Kier molecular flexibility index (Phi) is 3.52. The first-order valence-corrected chi connectivity index (χ1v) is 6.24. The van der Waals surface area contributed by atoms with E-state index in [2.05, 4.69) is 10.3 Å². The maximum absolute atomic E-state index is 11.9. The van der Waals surface area contributed by atoms with Crippen molar-refractivity contribution >= 4 is 5.91 Å². The predicted molar refractivity (Wildman–Crippen MR) is 67.6 cm³/mol. The van der Waals surface area contributed by atoms with Crippen LogP contribution in [-0.2, 0) is 6.42 Å². The summed E-state index contributed by atoms with van der Waals surface area (Å²) in [6.07, 6.45) is 1.68. The minimum atomic E-state index is -0.587. The molecule has 1 heterocycles. The van der Waals surface area contributed by atoms with E-state index in [1.54, 1.807) is 0 Å². The van der Waals surface area contributed by atoms with Gasteiger partial charge in [-0.15, -0.1) is 0 Å². The van der Waals surface area contributed by atoms with Crippen LogP contribution >= 0.6 is 0 Å². The number of aromatic amines is 1. The van der Waals surface area contributed by atoms with Crippen LogP contribution in [0.1, 0.15) is 54.4 Å². The number of hydrogen-bond donors (Lipinski definition) is 3. The molecule has 0 spiro atoms. The standard InChI is InChI=1S/C13H18N2O3/c1-7(2)14-12(17)9-6-8-10(15-13(9)18)4-3-5-11(8)16/h6-7,11,16H,3-5H2,1-2H3,(H,14,17)(H,15,18)/t11-/m0/s1. The molecule has 0 saturated carbocycles. The van der Waals surface area contributed by atoms with Gasteiger partial charge in [-0.2, -0.15) is 0 Å². The fourth-order valence-electron chi connectivity index (χ4n) is 2.23. The number of carbonyl (C=O) groups excluding carboxylic acids is 1. The van der Waals surface area contributed by atoms with Crippen LogP contribution in [0.4, 0.5) is 0 Å². The first-order chi connectivity index (χ1) is 8.49. The monoisotopic (exact) mass is 250 g/mol. The van der Waals surface area contributed by atoms with Crippen molar-refractivity contribution in [3.63, 3.8) is 0 Å². The van der Waals surface area contributed by atoms with E-state index < -0.39 is 12.0 Å². The minimum absolute atomic E-state index is 0.0298. The minimum Gasteiger partial charge on any atom is -0.388 e. The van der Waals surface area contributed by atoms with Gasteiger partial charge in [0.15, 0.2) is 0 Å². The number of hydrogen-bond acceptors (Lipinski definition) is 3. The Balaban J connectivity index is 2.40. The molecule has 0 radical (unpaired) electrons. The number of amides is 1. The van der Waals surface area contributed by atoms with E-state index in [1.807, 2.05) is 13.8 Å². The molecular weight excluding hydrogens is 232 g/mol. The number of aliphatic hydroxyl groups is 1. The summed E-state index contributed by atoms with van der Waals surface area (Å²) in [6, 6.07) is 1.49. The Morgan fingerprint density at radius 1 is 1.56 bits per heavy atom. The molecule has 1 aliphatic rings. The van der Waals surface area contributed by atoms with Crippen molar-refractivity contribution in [2.75, 3.05) is 0 Å². The van der Waals surface area contributed by atoms with Gasteiger partial charge in [0.25, 0.3) is 11.5 Å². The largest absolute Gasteiger partial charge is 0.388 e. The third-order valence-electron chi connectivity index (χ3n) is 3.09. The van der Waals surface area contributed by atoms with Crippen LogP contribution in [0, 0.1) is 0 Å². The Bertz CT molecular complexity index is 519. The van der Waals surface area contributed by atoms with E-state index in [4.69, 9.17) is 0 Å². The molecule has 1 aromatic heterocycles. The molecule has 0 bridgehead atoms. The van der Waals surface area contributed by atoms with Crippen molar-refractivity contribution < 1.29 is 9.90 Å². The van der Waals surface area contributed by atoms with Gasteiger partial charge in [0, 0.05) is 17.3 Å². The summed E-state index contributed by atoms with van der Waals surface area (Å²) in [5.74, 6) is -0.396. The Morgan fingerprint density at radius 2 is 2.28 bits per heavy atom. The molecule has 0 aliphatic heterocycles. The number of fused-ring (bicyclic) bond motifs is 1. The smallest absolute Gasteiger partial charge is 0.261 e. The zero-order valence-corrected chi connectivity index (χ0v) is 10.6. The number of H-pyrrole nitrogens is 1. The van der Waals surface area contributed by atoms with E-state index in [0.717, 1.165) is 18.5 Å². The van der Waals surface area contributed by atoms with Gasteiger partial charge in [0.2, 0.25) is 0 Å². The second kappa shape index (κ2) is 4.94. The number of rotatable bonds is 2. The topological polar surface area (TPSA) is 82.2 Å². The number of nitrogens with one attached hydrogen (secondary N) is 2. The lowest BCUT2D eigenvalue weighted by atomic mass is 9.92. The van der Waals surface area contributed by atoms with Crippen LogP contribution in [0.15, 0.2) is 10.9 Å². The SMILES string of the molecule is CC(C)NC(=O)c1cc2c([nH]c1=O)CCC[C@@H]2O. The molecule has 1 aromatic rings. The predicted octanol–water partition coefficient (Wildman–Crippen LogP) is 0.883. The molecule has 0 unspecified atom stereocenters. The molecule has 0 fully saturated rings. The lowest BCUT2D eigenvalue weighted by Gasteiger charge is -2.21. The van der Waals surface area contributed by atoms with E-state index in [-0.39, 0.29) is 17.2 Å². The highest BCUT2D eigenvalue weighted by atomic mass is 16.3. The Hall–Kier alpha value is -1.62. The molecule has 2 rings (SSSR count). The van der Waals surface area contributed by atoms with Gasteiger partial charge in [-0.3, -0.25) is 9.59 Å². The van der Waals surface area contributed by atoms with Crippen molar-refractivity contribution in [3.05, 3.63) is 33.2 Å². The van der Waals surface area contributed by atoms with Crippen LogP contribution in [0.25, 0.3) is 0 Å². The lowest BCUT2D eigenvalue weighted by Crippen LogP contribution is -2.35. The molecule has 3 N–H and O–H groups in total. The molecule has 0 saturated heterocycles. The van der Waals surface area contributed by atoms with Crippen LogP contribution in [0.3, 0.4) is 0 Å². The molecule has 1 aliphatic carbocycles. The van der Waals surface area contributed by atoms with Gasteiger partial charge >= 0.3 is 0 Å². The molecular formula is C13H18N2O3. The molecule has 1 atom stereocenters. The van der Waals surface area contributed by atoms with Gasteiger partial charge in [-0.05, 0) is 39.2 Å². The fraction of sp³-hybridized carbons (Fsp3) is 0.538. The molecule has 0 aromatic carbocycles. The number of aliphatic hydroxyl groups excluding tert-OH is 1. The number of aryl methyl sites for hydroxylation is 1. The second-order valence-corrected chi connectivity index (χ2v) is 4.98. The quantitative estimate of drug-likeness (QED) is 0.728. The third kappa shape index (κ3) is 2.46. The molecule has 5 nitrogen and oxygen atoms in total. The fourth-order valence-corrected chi connectivity index (χ4v) is 2.23. The van der Waals surface area contributed by atoms with Crippen molar-refractivity contribution in [1.82, 2.24) is 10.3 Å². The van der Waals surface area contributed by atoms with E-state index in [0.29, 0.717) is 12.0 Å². The van der Waals surface area contributed by atoms with Crippen LogP contribution < -0.4 is 10.9 Å². The summed E-state index contributed by atoms with van der Waals surface area (Å²) in [4.78, 5) is 26.4. The van der Waals surface area contributed by atoms with Gasteiger partial charge < -0.3 is 15.4 Å². The summed E-state index contributed by atoms with van der Waals surface area (Å²) in [5, 5.41) is 12.6. The maximum Gasteiger partial charge on any atom is 0.261 e. The molecule has 18 heavy (non-hydrogen) atoms. The average Bonchev–Trinajstić information content (AvgIpc) is 2.27. The van der Waals surface area contributed by atoms with Crippen molar-refractivity contribution in [2.24, 2.45) is 0 Å². The van der Waals surface area contributed by atoms with Crippen molar-refractivity contribution in [2.45, 2.75) is 45.3 Å². The Labute approximate surface area is 105 Å².